The van der Waals surface area contributed by atoms with Crippen molar-refractivity contribution in [3.63, 3.8) is 0 Å². The Hall–Kier alpha value is -1.84. The molecular weight excluding hydrogens is 304 g/mol. The molecule has 1 aromatic rings. The molecule has 2 unspecified atom stereocenters. The molecule has 24 heavy (non-hydrogen) atoms. The first-order valence-corrected chi connectivity index (χ1v) is 9.11. The van der Waals surface area contributed by atoms with Crippen LogP contribution in [0.5, 0.6) is 0 Å². The smallest absolute Gasteiger partial charge is 0.320 e. The zero-order valence-electron chi connectivity index (χ0n) is 14.5. The lowest BCUT2D eigenvalue weighted by atomic mass is 10.0. The Morgan fingerprint density at radius 2 is 1.92 bits per heavy atom. The van der Waals surface area contributed by atoms with Gasteiger partial charge in [0.1, 0.15) is 6.10 Å². The molecule has 0 N–H and O–H groups in total. The van der Waals surface area contributed by atoms with Crippen molar-refractivity contribution in [1.29, 1.82) is 0 Å². The van der Waals surface area contributed by atoms with E-state index >= 15 is 0 Å². The van der Waals surface area contributed by atoms with Gasteiger partial charge in [-0.3, -0.25) is 9.59 Å². The summed E-state index contributed by atoms with van der Waals surface area (Å²) in [6.07, 6.45) is 7.76. The van der Waals surface area contributed by atoms with E-state index in [9.17, 15) is 9.59 Å². The molecule has 1 saturated heterocycles. The summed E-state index contributed by atoms with van der Waals surface area (Å²) >= 11 is 0. The number of carbonyl (C=O) groups is 2. The lowest BCUT2D eigenvalue weighted by Gasteiger charge is -2.08. The standard InChI is InChI=1S/C20H28O4/c1-2-3-4-5-9-12-17-15-18(20(22)24-17)19(21)23-14-13-16-10-7-6-8-11-16/h6-8,10-11,17-18H,2-5,9,12-15H2,1H3. The van der Waals surface area contributed by atoms with E-state index in [0.717, 1.165) is 24.8 Å². The minimum atomic E-state index is -0.735. The second-order valence-corrected chi connectivity index (χ2v) is 6.45. The molecule has 0 radical (unpaired) electrons. The second kappa shape index (κ2) is 10.1. The number of hydrogen-bond donors (Lipinski definition) is 0. The third-order valence-corrected chi connectivity index (χ3v) is 4.46. The van der Waals surface area contributed by atoms with Crippen LogP contribution >= 0.6 is 0 Å². The molecule has 0 saturated carbocycles. The van der Waals surface area contributed by atoms with Crippen molar-refractivity contribution in [3.8, 4) is 0 Å². The van der Waals surface area contributed by atoms with Crippen molar-refractivity contribution >= 4 is 11.9 Å². The molecule has 132 valence electrons. The van der Waals surface area contributed by atoms with Gasteiger partial charge in [0.15, 0.2) is 5.92 Å². The summed E-state index contributed by atoms with van der Waals surface area (Å²) in [5, 5.41) is 0. The molecule has 0 aliphatic carbocycles. The molecule has 1 aliphatic rings. The molecule has 1 heterocycles. The summed E-state index contributed by atoms with van der Waals surface area (Å²) in [4.78, 5) is 24.0. The molecule has 0 aromatic heterocycles. The molecule has 2 atom stereocenters. The number of hydrogen-bond acceptors (Lipinski definition) is 4. The number of esters is 2. The van der Waals surface area contributed by atoms with Crippen LogP contribution in [0, 0.1) is 5.92 Å². The Balaban J connectivity index is 1.66. The van der Waals surface area contributed by atoms with Crippen LogP contribution in [0.3, 0.4) is 0 Å². The van der Waals surface area contributed by atoms with E-state index in [0.29, 0.717) is 19.4 Å². The van der Waals surface area contributed by atoms with Crippen molar-refractivity contribution in [2.24, 2.45) is 5.92 Å². The normalized spacial score (nSPS) is 20.0. The monoisotopic (exact) mass is 332 g/mol. The number of unbranched alkanes of at least 4 members (excludes halogenated alkanes) is 4. The molecule has 1 aromatic carbocycles. The SMILES string of the molecule is CCCCCCCC1CC(C(=O)OCCc2ccccc2)C(=O)O1. The van der Waals surface area contributed by atoms with E-state index in [-0.39, 0.29) is 6.10 Å². The van der Waals surface area contributed by atoms with Crippen LogP contribution in [0.2, 0.25) is 0 Å². The Labute approximate surface area is 144 Å². The van der Waals surface area contributed by atoms with E-state index in [1.54, 1.807) is 0 Å². The first-order chi connectivity index (χ1) is 11.7. The summed E-state index contributed by atoms with van der Waals surface area (Å²) in [7, 11) is 0. The highest BCUT2D eigenvalue weighted by atomic mass is 16.6. The zero-order valence-corrected chi connectivity index (χ0v) is 14.5. The fraction of sp³-hybridized carbons (Fsp3) is 0.600. The molecule has 4 nitrogen and oxygen atoms in total. The molecule has 1 fully saturated rings. The first-order valence-electron chi connectivity index (χ1n) is 9.11. The van der Waals surface area contributed by atoms with E-state index in [1.807, 2.05) is 30.3 Å². The van der Waals surface area contributed by atoms with E-state index in [1.165, 1.54) is 19.3 Å². The molecule has 2 rings (SSSR count). The van der Waals surface area contributed by atoms with E-state index in [2.05, 4.69) is 6.92 Å². The molecule has 0 spiro atoms. The maximum atomic E-state index is 12.1. The highest BCUT2D eigenvalue weighted by molar-refractivity contribution is 5.96. The van der Waals surface area contributed by atoms with Crippen LogP contribution in [0.1, 0.15) is 57.4 Å². The summed E-state index contributed by atoms with van der Waals surface area (Å²) < 4.78 is 10.6. The fourth-order valence-electron chi connectivity index (χ4n) is 3.01. The number of carbonyl (C=O) groups excluding carboxylic acids is 2. The van der Waals surface area contributed by atoms with Crippen LogP contribution in [0.15, 0.2) is 30.3 Å². The lowest BCUT2D eigenvalue weighted by molar-refractivity contribution is -0.156. The van der Waals surface area contributed by atoms with Crippen LogP contribution in [0.25, 0.3) is 0 Å². The van der Waals surface area contributed by atoms with Gasteiger partial charge < -0.3 is 9.47 Å². The van der Waals surface area contributed by atoms with Gasteiger partial charge in [0.25, 0.3) is 0 Å². The zero-order chi connectivity index (χ0) is 17.2. The topological polar surface area (TPSA) is 52.6 Å². The van der Waals surface area contributed by atoms with Gasteiger partial charge in [-0.2, -0.15) is 0 Å². The Morgan fingerprint density at radius 1 is 1.17 bits per heavy atom. The molecule has 0 amide bonds. The number of cyclic esters (lactones) is 1. The van der Waals surface area contributed by atoms with Crippen molar-refractivity contribution in [1.82, 2.24) is 0 Å². The highest BCUT2D eigenvalue weighted by Crippen LogP contribution is 2.26. The number of rotatable bonds is 10. The first kappa shape index (κ1) is 18.5. The third kappa shape index (κ3) is 5.99. The van der Waals surface area contributed by atoms with Gasteiger partial charge in [-0.05, 0) is 18.4 Å². The summed E-state index contributed by atoms with van der Waals surface area (Å²) in [6.45, 7) is 2.49. The Bertz CT molecular complexity index is 512. The van der Waals surface area contributed by atoms with Crippen LogP contribution in [0.4, 0.5) is 0 Å². The van der Waals surface area contributed by atoms with Gasteiger partial charge in [-0.1, -0.05) is 62.9 Å². The predicted molar refractivity (Wildman–Crippen MR) is 92.5 cm³/mol. The van der Waals surface area contributed by atoms with Gasteiger partial charge >= 0.3 is 11.9 Å². The van der Waals surface area contributed by atoms with Gasteiger partial charge in [0.05, 0.1) is 6.61 Å². The molecule has 1 aliphatic heterocycles. The van der Waals surface area contributed by atoms with Crippen LogP contribution in [-0.4, -0.2) is 24.6 Å². The van der Waals surface area contributed by atoms with Crippen LogP contribution < -0.4 is 0 Å². The Morgan fingerprint density at radius 3 is 2.67 bits per heavy atom. The maximum absolute atomic E-state index is 12.1. The molecular formula is C20H28O4. The Kier molecular flexibility index (Phi) is 7.80. The fourth-order valence-corrected chi connectivity index (χ4v) is 3.01. The van der Waals surface area contributed by atoms with E-state index in [4.69, 9.17) is 9.47 Å². The third-order valence-electron chi connectivity index (χ3n) is 4.46. The van der Waals surface area contributed by atoms with Gasteiger partial charge in [0.2, 0.25) is 0 Å². The highest BCUT2D eigenvalue weighted by Gasteiger charge is 2.40. The quantitative estimate of drug-likeness (QED) is 0.368. The summed E-state index contributed by atoms with van der Waals surface area (Å²) in [5.74, 6) is -1.59. The van der Waals surface area contributed by atoms with Crippen molar-refractivity contribution in [2.75, 3.05) is 6.61 Å². The maximum Gasteiger partial charge on any atom is 0.320 e. The molecule has 0 bridgehead atoms. The van der Waals surface area contributed by atoms with Crippen molar-refractivity contribution in [3.05, 3.63) is 35.9 Å². The lowest BCUT2D eigenvalue weighted by Crippen LogP contribution is -2.22. The average molecular weight is 332 g/mol. The minimum Gasteiger partial charge on any atom is -0.465 e. The minimum absolute atomic E-state index is 0.120. The van der Waals surface area contributed by atoms with Gasteiger partial charge in [-0.15, -0.1) is 0 Å². The van der Waals surface area contributed by atoms with Gasteiger partial charge in [0, 0.05) is 12.8 Å². The predicted octanol–water partition coefficient (Wildman–Crippen LogP) is 4.06. The van der Waals surface area contributed by atoms with Crippen molar-refractivity contribution < 1.29 is 19.1 Å². The number of benzene rings is 1. The second-order valence-electron chi connectivity index (χ2n) is 6.45. The largest absolute Gasteiger partial charge is 0.465 e. The van der Waals surface area contributed by atoms with Crippen LogP contribution in [-0.2, 0) is 25.5 Å². The summed E-state index contributed by atoms with van der Waals surface area (Å²) in [5.41, 5.74) is 1.12. The number of ether oxygens (including phenoxy) is 2. The van der Waals surface area contributed by atoms with E-state index < -0.39 is 17.9 Å². The summed E-state index contributed by atoms with van der Waals surface area (Å²) in [6, 6.07) is 9.85. The molecule has 4 heteroatoms. The van der Waals surface area contributed by atoms with Crippen molar-refractivity contribution in [2.45, 2.75) is 64.4 Å². The van der Waals surface area contributed by atoms with Gasteiger partial charge in [-0.25, -0.2) is 0 Å². The average Bonchev–Trinajstić information content (AvgIpc) is 2.96.